The number of aryl methyl sites for hydroxylation is 2. The smallest absolute Gasteiger partial charge is 0.323 e. The molecule has 0 fully saturated rings. The Morgan fingerprint density at radius 2 is 1.92 bits per heavy atom. The Bertz CT molecular complexity index is 955. The number of benzene rings is 1. The second-order valence-corrected chi connectivity index (χ2v) is 6.40. The van der Waals surface area contributed by atoms with Crippen LogP contribution in [0.3, 0.4) is 0 Å². The zero-order valence-electron chi connectivity index (χ0n) is 13.6. The number of aromatic nitrogens is 2. The van der Waals surface area contributed by atoms with Gasteiger partial charge in [0.1, 0.15) is 17.2 Å². The Kier molecular flexibility index (Phi) is 4.49. The average Bonchev–Trinajstić information content (AvgIpc) is 3.01. The summed E-state index contributed by atoms with van der Waals surface area (Å²) in [5.41, 5.74) is 2.71. The molecule has 0 amide bonds. The molecule has 0 aliphatic heterocycles. The largest absolute Gasteiger partial charge is 0.480 e. The summed E-state index contributed by atoms with van der Waals surface area (Å²) < 4.78 is 1.27. The Labute approximate surface area is 143 Å². The highest BCUT2D eigenvalue weighted by atomic mass is 32.1. The predicted molar refractivity (Wildman–Crippen MR) is 95.7 cm³/mol. The van der Waals surface area contributed by atoms with Crippen LogP contribution in [0.15, 0.2) is 34.4 Å². The van der Waals surface area contributed by atoms with Crippen LogP contribution in [0.2, 0.25) is 0 Å². The van der Waals surface area contributed by atoms with E-state index in [1.807, 2.05) is 36.6 Å². The van der Waals surface area contributed by atoms with Crippen LogP contribution in [0.1, 0.15) is 25.2 Å². The zero-order chi connectivity index (χ0) is 17.3. The highest BCUT2D eigenvalue weighted by Gasteiger charge is 2.17. The minimum atomic E-state index is -1.04. The van der Waals surface area contributed by atoms with E-state index >= 15 is 0 Å². The van der Waals surface area contributed by atoms with Gasteiger partial charge in [0.25, 0.3) is 5.56 Å². The molecular formula is C18H18N2O3S. The van der Waals surface area contributed by atoms with Crippen molar-refractivity contribution in [1.29, 1.82) is 0 Å². The monoisotopic (exact) mass is 342 g/mol. The van der Waals surface area contributed by atoms with Crippen LogP contribution in [0, 0.1) is 0 Å². The van der Waals surface area contributed by atoms with Crippen LogP contribution in [0.4, 0.5) is 0 Å². The Morgan fingerprint density at radius 3 is 2.50 bits per heavy atom. The molecule has 24 heavy (non-hydrogen) atoms. The lowest BCUT2D eigenvalue weighted by atomic mass is 10.0. The molecule has 0 aliphatic rings. The van der Waals surface area contributed by atoms with Crippen molar-refractivity contribution in [2.75, 3.05) is 0 Å². The first-order valence-corrected chi connectivity index (χ1v) is 8.75. The summed E-state index contributed by atoms with van der Waals surface area (Å²) in [7, 11) is 0. The molecule has 124 valence electrons. The maximum Gasteiger partial charge on any atom is 0.323 e. The maximum absolute atomic E-state index is 12.9. The highest BCUT2D eigenvalue weighted by molar-refractivity contribution is 7.17. The first-order chi connectivity index (χ1) is 11.5. The molecular weight excluding hydrogens is 324 g/mol. The molecule has 0 bridgehead atoms. The van der Waals surface area contributed by atoms with Crippen molar-refractivity contribution in [3.63, 3.8) is 0 Å². The van der Waals surface area contributed by atoms with Crippen LogP contribution in [-0.2, 0) is 24.2 Å². The molecule has 0 atom stereocenters. The van der Waals surface area contributed by atoms with Gasteiger partial charge in [-0.15, -0.1) is 11.3 Å². The number of carboxylic acids is 1. The molecule has 0 spiro atoms. The lowest BCUT2D eigenvalue weighted by molar-refractivity contribution is -0.137. The third-order valence-electron chi connectivity index (χ3n) is 4.06. The van der Waals surface area contributed by atoms with Crippen LogP contribution >= 0.6 is 11.3 Å². The van der Waals surface area contributed by atoms with E-state index in [9.17, 15) is 9.59 Å². The number of nitrogens with zero attached hydrogens (tertiary/aromatic N) is 2. The summed E-state index contributed by atoms with van der Waals surface area (Å²) in [4.78, 5) is 29.2. The van der Waals surface area contributed by atoms with Crippen molar-refractivity contribution in [1.82, 2.24) is 9.55 Å². The number of aliphatic carboxylic acids is 1. The molecule has 0 saturated heterocycles. The number of hydrogen-bond donors (Lipinski definition) is 1. The lowest BCUT2D eigenvalue weighted by Crippen LogP contribution is -2.28. The number of carbonyl (C=O) groups is 1. The van der Waals surface area contributed by atoms with Gasteiger partial charge in [-0.2, -0.15) is 0 Å². The topological polar surface area (TPSA) is 72.2 Å². The Morgan fingerprint density at radius 1 is 1.21 bits per heavy atom. The minimum Gasteiger partial charge on any atom is -0.480 e. The molecule has 1 aromatic carbocycles. The van der Waals surface area contributed by atoms with E-state index in [0.29, 0.717) is 22.5 Å². The fourth-order valence-corrected chi connectivity index (χ4v) is 3.72. The van der Waals surface area contributed by atoms with Gasteiger partial charge < -0.3 is 5.11 Å². The first kappa shape index (κ1) is 16.4. The highest BCUT2D eigenvalue weighted by Crippen LogP contribution is 2.31. The zero-order valence-corrected chi connectivity index (χ0v) is 14.4. The van der Waals surface area contributed by atoms with Crippen molar-refractivity contribution in [2.24, 2.45) is 0 Å². The van der Waals surface area contributed by atoms with Crippen molar-refractivity contribution >= 4 is 27.5 Å². The molecule has 2 heterocycles. The molecule has 3 rings (SSSR count). The third-order valence-corrected chi connectivity index (χ3v) is 4.93. The summed E-state index contributed by atoms with van der Waals surface area (Å²) in [6.45, 7) is 3.59. The maximum atomic E-state index is 12.9. The van der Waals surface area contributed by atoms with Crippen molar-refractivity contribution < 1.29 is 9.90 Å². The molecule has 0 unspecified atom stereocenters. The van der Waals surface area contributed by atoms with Gasteiger partial charge in [0.2, 0.25) is 0 Å². The summed E-state index contributed by atoms with van der Waals surface area (Å²) in [5.74, 6) is -0.540. The number of carboxylic acid groups (broad SMARTS) is 1. The van der Waals surface area contributed by atoms with Crippen LogP contribution in [0.5, 0.6) is 0 Å². The van der Waals surface area contributed by atoms with Gasteiger partial charge in [0.05, 0.1) is 5.39 Å². The SMILES string of the molecule is CCc1ccc(-c2csc3nc(CC)n(CC(=O)O)c(=O)c23)cc1. The quantitative estimate of drug-likeness (QED) is 0.772. The molecule has 0 aliphatic carbocycles. The molecule has 5 nitrogen and oxygen atoms in total. The third kappa shape index (κ3) is 2.85. The van der Waals surface area contributed by atoms with E-state index in [1.54, 1.807) is 0 Å². The predicted octanol–water partition coefficient (Wildman–Crippen LogP) is 3.33. The van der Waals surface area contributed by atoms with Crippen LogP contribution in [0.25, 0.3) is 21.3 Å². The van der Waals surface area contributed by atoms with Gasteiger partial charge in [-0.05, 0) is 17.5 Å². The van der Waals surface area contributed by atoms with E-state index in [4.69, 9.17) is 5.11 Å². The lowest BCUT2D eigenvalue weighted by Gasteiger charge is -2.09. The summed E-state index contributed by atoms with van der Waals surface area (Å²) >= 11 is 1.42. The van der Waals surface area contributed by atoms with Gasteiger partial charge in [-0.1, -0.05) is 38.1 Å². The average molecular weight is 342 g/mol. The number of hydrogen-bond acceptors (Lipinski definition) is 4. The number of fused-ring (bicyclic) bond motifs is 1. The summed E-state index contributed by atoms with van der Waals surface area (Å²) in [5, 5.41) is 11.5. The van der Waals surface area contributed by atoms with E-state index in [0.717, 1.165) is 17.5 Å². The minimum absolute atomic E-state index is 0.282. The molecule has 0 saturated carbocycles. The number of thiophene rings is 1. The van der Waals surface area contributed by atoms with Gasteiger partial charge in [0, 0.05) is 17.4 Å². The second kappa shape index (κ2) is 6.57. The molecule has 1 N–H and O–H groups in total. The van der Waals surface area contributed by atoms with Gasteiger partial charge in [-0.25, -0.2) is 4.98 Å². The molecule has 3 aromatic rings. The second-order valence-electron chi connectivity index (χ2n) is 5.55. The van der Waals surface area contributed by atoms with Crippen LogP contribution in [-0.4, -0.2) is 20.6 Å². The summed E-state index contributed by atoms with van der Waals surface area (Å²) in [6, 6.07) is 8.08. The van der Waals surface area contributed by atoms with Crippen molar-refractivity contribution in [2.45, 2.75) is 33.2 Å². The van der Waals surface area contributed by atoms with Crippen molar-refractivity contribution in [3.05, 3.63) is 51.4 Å². The normalized spacial score (nSPS) is 11.1. The van der Waals surface area contributed by atoms with Crippen molar-refractivity contribution in [3.8, 4) is 11.1 Å². The molecule has 0 radical (unpaired) electrons. The fourth-order valence-electron chi connectivity index (χ4n) is 2.77. The number of rotatable bonds is 5. The standard InChI is InChI=1S/C18H18N2O3S/c1-3-11-5-7-12(8-6-11)13-10-24-17-16(13)18(23)20(9-15(21)22)14(4-2)19-17/h5-8,10H,3-4,9H2,1-2H3,(H,21,22). The van der Waals surface area contributed by atoms with E-state index in [1.165, 1.54) is 21.5 Å². The van der Waals surface area contributed by atoms with E-state index in [2.05, 4.69) is 11.9 Å². The van der Waals surface area contributed by atoms with Gasteiger partial charge in [0.15, 0.2) is 0 Å². The van der Waals surface area contributed by atoms with E-state index < -0.39 is 5.97 Å². The first-order valence-electron chi connectivity index (χ1n) is 7.87. The molecule has 6 heteroatoms. The fraction of sp³-hybridized carbons (Fsp3) is 0.278. The van der Waals surface area contributed by atoms with Gasteiger partial charge in [-0.3, -0.25) is 14.2 Å². The molecule has 2 aromatic heterocycles. The Balaban J connectivity index is 2.23. The van der Waals surface area contributed by atoms with Crippen LogP contribution < -0.4 is 5.56 Å². The van der Waals surface area contributed by atoms with Gasteiger partial charge >= 0.3 is 5.97 Å². The summed E-state index contributed by atoms with van der Waals surface area (Å²) in [6.07, 6.45) is 1.47. The Hall–Kier alpha value is -2.47. The van der Waals surface area contributed by atoms with E-state index in [-0.39, 0.29) is 12.1 Å².